The first-order valence-corrected chi connectivity index (χ1v) is 9.93. The summed E-state index contributed by atoms with van der Waals surface area (Å²) in [6.45, 7) is 1.24. The largest absolute Gasteiger partial charge is 0.492 e. The van der Waals surface area contributed by atoms with E-state index in [0.29, 0.717) is 24.7 Å². The van der Waals surface area contributed by atoms with E-state index in [1.54, 1.807) is 0 Å². The second-order valence-corrected chi connectivity index (χ2v) is 7.12. The molecular formula is C25H21N3O2. The van der Waals surface area contributed by atoms with Crippen molar-refractivity contribution >= 4 is 27.7 Å². The first kappa shape index (κ1) is 18.2. The monoisotopic (exact) mass is 395 g/mol. The molecule has 0 saturated heterocycles. The van der Waals surface area contributed by atoms with Gasteiger partial charge < -0.3 is 14.1 Å². The summed E-state index contributed by atoms with van der Waals surface area (Å²) in [4.78, 5) is 11.7. The van der Waals surface area contributed by atoms with E-state index in [1.807, 2.05) is 92.0 Å². The number of nitrogens with zero attached hydrogens (tertiary/aromatic N) is 3. The molecule has 0 spiro atoms. The van der Waals surface area contributed by atoms with Crippen molar-refractivity contribution in [3.63, 3.8) is 0 Å². The molecule has 0 aliphatic rings. The summed E-state index contributed by atoms with van der Waals surface area (Å²) in [5, 5.41) is 2.04. The van der Waals surface area contributed by atoms with Crippen LogP contribution < -0.4 is 9.64 Å². The van der Waals surface area contributed by atoms with E-state index in [9.17, 15) is 0 Å². The van der Waals surface area contributed by atoms with Crippen LogP contribution in [0.1, 0.15) is 0 Å². The lowest BCUT2D eigenvalue weighted by molar-refractivity contribution is 0.326. The molecule has 2 aromatic heterocycles. The maximum Gasteiger partial charge on any atom is 0.198 e. The zero-order valence-electron chi connectivity index (χ0n) is 16.7. The fourth-order valence-electron chi connectivity index (χ4n) is 3.48. The van der Waals surface area contributed by atoms with Gasteiger partial charge in [-0.25, -0.2) is 9.97 Å². The minimum Gasteiger partial charge on any atom is -0.492 e. The lowest BCUT2D eigenvalue weighted by atomic mass is 10.2. The third-order valence-corrected chi connectivity index (χ3v) is 5.03. The second-order valence-electron chi connectivity index (χ2n) is 7.12. The van der Waals surface area contributed by atoms with Gasteiger partial charge in [-0.2, -0.15) is 0 Å². The molecular weight excluding hydrogens is 374 g/mol. The van der Waals surface area contributed by atoms with Gasteiger partial charge in [0.15, 0.2) is 11.6 Å². The van der Waals surface area contributed by atoms with Crippen molar-refractivity contribution in [2.75, 3.05) is 25.1 Å². The van der Waals surface area contributed by atoms with Gasteiger partial charge >= 0.3 is 0 Å². The molecule has 2 heterocycles. The summed E-state index contributed by atoms with van der Waals surface area (Å²) >= 11 is 0. The molecule has 0 saturated carbocycles. The Kier molecular flexibility index (Phi) is 4.77. The average molecular weight is 395 g/mol. The Hall–Kier alpha value is -3.86. The molecule has 5 heteroatoms. The molecule has 0 atom stereocenters. The molecule has 0 aliphatic heterocycles. The predicted molar refractivity (Wildman–Crippen MR) is 120 cm³/mol. The average Bonchev–Trinajstić information content (AvgIpc) is 3.23. The van der Waals surface area contributed by atoms with E-state index in [4.69, 9.17) is 19.1 Å². The first-order chi connectivity index (χ1) is 14.8. The molecule has 5 rings (SSSR count). The Labute approximate surface area is 174 Å². The van der Waals surface area contributed by atoms with Crippen LogP contribution >= 0.6 is 0 Å². The number of aromatic nitrogens is 2. The van der Waals surface area contributed by atoms with E-state index in [2.05, 4.69) is 4.90 Å². The zero-order valence-corrected chi connectivity index (χ0v) is 16.7. The molecule has 3 aromatic carbocycles. The van der Waals surface area contributed by atoms with Gasteiger partial charge in [-0.1, -0.05) is 48.5 Å². The van der Waals surface area contributed by atoms with Gasteiger partial charge in [0.05, 0.1) is 12.1 Å². The lowest BCUT2D eigenvalue weighted by Crippen LogP contribution is -2.25. The molecule has 0 fully saturated rings. The van der Waals surface area contributed by atoms with Crippen LogP contribution in [0.5, 0.6) is 5.75 Å². The van der Waals surface area contributed by atoms with Gasteiger partial charge in [0.1, 0.15) is 23.8 Å². The predicted octanol–water partition coefficient (Wildman–Crippen LogP) is 5.56. The molecule has 0 radical (unpaired) electrons. The Morgan fingerprint density at radius 3 is 2.50 bits per heavy atom. The SMILES string of the molecule is CN(CCOc1ccccc1)c1nc(-c2cc3ccccc3o2)nc2ccccc12. The number of ether oxygens (including phenoxy) is 1. The summed E-state index contributed by atoms with van der Waals surface area (Å²) in [5.41, 5.74) is 1.71. The van der Waals surface area contributed by atoms with Crippen molar-refractivity contribution < 1.29 is 9.15 Å². The maximum absolute atomic E-state index is 6.01. The van der Waals surface area contributed by atoms with Gasteiger partial charge in [-0.15, -0.1) is 0 Å². The number of anilines is 1. The van der Waals surface area contributed by atoms with Crippen LogP contribution in [0.4, 0.5) is 5.82 Å². The van der Waals surface area contributed by atoms with Crippen molar-refractivity contribution in [1.29, 1.82) is 0 Å². The Morgan fingerprint density at radius 2 is 1.63 bits per heavy atom. The molecule has 0 unspecified atom stereocenters. The van der Waals surface area contributed by atoms with Gasteiger partial charge in [0, 0.05) is 17.8 Å². The molecule has 5 nitrogen and oxygen atoms in total. The summed E-state index contributed by atoms with van der Waals surface area (Å²) < 4.78 is 11.9. The topological polar surface area (TPSA) is 51.4 Å². The number of furan rings is 1. The van der Waals surface area contributed by atoms with E-state index < -0.39 is 0 Å². The smallest absolute Gasteiger partial charge is 0.198 e. The Bertz CT molecular complexity index is 1260. The number of hydrogen-bond acceptors (Lipinski definition) is 5. The minimum absolute atomic E-state index is 0.554. The molecule has 5 aromatic rings. The fraction of sp³-hybridized carbons (Fsp3) is 0.120. The molecule has 0 N–H and O–H groups in total. The lowest BCUT2D eigenvalue weighted by Gasteiger charge is -2.20. The van der Waals surface area contributed by atoms with Gasteiger partial charge in [-0.3, -0.25) is 0 Å². The minimum atomic E-state index is 0.554. The highest BCUT2D eigenvalue weighted by Gasteiger charge is 2.15. The fourth-order valence-corrected chi connectivity index (χ4v) is 3.48. The highest BCUT2D eigenvalue weighted by atomic mass is 16.5. The van der Waals surface area contributed by atoms with Crippen molar-refractivity contribution in [1.82, 2.24) is 9.97 Å². The quantitative estimate of drug-likeness (QED) is 0.377. The Balaban J connectivity index is 1.47. The highest BCUT2D eigenvalue weighted by Crippen LogP contribution is 2.30. The van der Waals surface area contributed by atoms with E-state index in [1.165, 1.54) is 0 Å². The van der Waals surface area contributed by atoms with Crippen LogP contribution in [0.15, 0.2) is 89.3 Å². The summed E-state index contributed by atoms with van der Waals surface area (Å²) in [6, 6.07) is 27.8. The number of fused-ring (bicyclic) bond motifs is 2. The van der Waals surface area contributed by atoms with Crippen molar-refractivity contribution in [2.45, 2.75) is 0 Å². The van der Waals surface area contributed by atoms with Crippen LogP contribution in [0, 0.1) is 0 Å². The summed E-state index contributed by atoms with van der Waals surface area (Å²) in [6.07, 6.45) is 0. The van der Waals surface area contributed by atoms with Crippen LogP contribution in [-0.2, 0) is 0 Å². The molecule has 0 bridgehead atoms. The number of likely N-dealkylation sites (N-methyl/N-ethyl adjacent to an activating group) is 1. The van der Waals surface area contributed by atoms with Crippen LogP contribution in [0.2, 0.25) is 0 Å². The van der Waals surface area contributed by atoms with Crippen LogP contribution in [-0.4, -0.2) is 30.2 Å². The van der Waals surface area contributed by atoms with Crippen molar-refractivity contribution in [3.8, 4) is 17.3 Å². The summed E-state index contributed by atoms with van der Waals surface area (Å²) in [7, 11) is 2.02. The number of rotatable bonds is 6. The molecule has 0 amide bonds. The summed E-state index contributed by atoms with van der Waals surface area (Å²) in [5.74, 6) is 2.96. The zero-order chi connectivity index (χ0) is 20.3. The number of benzene rings is 3. The number of hydrogen-bond donors (Lipinski definition) is 0. The number of para-hydroxylation sites is 3. The molecule has 30 heavy (non-hydrogen) atoms. The van der Waals surface area contributed by atoms with Gasteiger partial charge in [0.25, 0.3) is 0 Å². The third-order valence-electron chi connectivity index (χ3n) is 5.03. The van der Waals surface area contributed by atoms with E-state index in [0.717, 1.165) is 33.4 Å². The van der Waals surface area contributed by atoms with Crippen molar-refractivity contribution in [3.05, 3.63) is 84.9 Å². The Morgan fingerprint density at radius 1 is 0.867 bits per heavy atom. The van der Waals surface area contributed by atoms with Crippen LogP contribution in [0.25, 0.3) is 33.5 Å². The van der Waals surface area contributed by atoms with E-state index >= 15 is 0 Å². The maximum atomic E-state index is 6.01. The van der Waals surface area contributed by atoms with Crippen molar-refractivity contribution in [2.24, 2.45) is 0 Å². The molecule has 0 aliphatic carbocycles. The van der Waals surface area contributed by atoms with Gasteiger partial charge in [-0.05, 0) is 36.4 Å². The van der Waals surface area contributed by atoms with Crippen LogP contribution in [0.3, 0.4) is 0 Å². The van der Waals surface area contributed by atoms with E-state index in [-0.39, 0.29) is 0 Å². The highest BCUT2D eigenvalue weighted by molar-refractivity contribution is 5.91. The standard InChI is InChI=1S/C25H21N3O2/c1-28(15-16-29-19-10-3-2-4-11-19)25-20-12-6-7-13-21(20)26-24(27-25)23-17-18-9-5-8-14-22(18)30-23/h2-14,17H,15-16H2,1H3. The first-order valence-electron chi connectivity index (χ1n) is 9.93. The molecule has 148 valence electrons. The third kappa shape index (κ3) is 3.57. The normalized spacial score (nSPS) is 11.1. The second kappa shape index (κ2) is 7.87. The van der Waals surface area contributed by atoms with Gasteiger partial charge in [0.2, 0.25) is 0 Å².